The van der Waals surface area contributed by atoms with E-state index in [1.54, 1.807) is 6.20 Å². The van der Waals surface area contributed by atoms with Crippen molar-refractivity contribution in [2.75, 3.05) is 6.61 Å². The highest BCUT2D eigenvalue weighted by Crippen LogP contribution is 2.23. The second-order valence-corrected chi connectivity index (χ2v) is 5.23. The number of ether oxygens (including phenoxy) is 1. The monoisotopic (exact) mass is 266 g/mol. The first-order valence-corrected chi connectivity index (χ1v) is 6.68. The van der Waals surface area contributed by atoms with Crippen LogP contribution < -0.4 is 10.1 Å². The van der Waals surface area contributed by atoms with Crippen LogP contribution in [-0.4, -0.2) is 17.6 Å². The molecule has 0 atom stereocenters. The minimum absolute atomic E-state index is 0.611. The van der Waals surface area contributed by atoms with Crippen molar-refractivity contribution in [2.45, 2.75) is 38.8 Å². The van der Waals surface area contributed by atoms with Crippen molar-refractivity contribution in [3.8, 4) is 5.88 Å². The SMILES string of the molecule is C=C(C)CCOc1cc(CNC2CC2)c(Cl)cn1. The lowest BCUT2D eigenvalue weighted by atomic mass is 10.2. The smallest absolute Gasteiger partial charge is 0.213 e. The zero-order valence-corrected chi connectivity index (χ0v) is 11.5. The quantitative estimate of drug-likeness (QED) is 0.769. The Balaban J connectivity index is 1.89. The Morgan fingerprint density at radius 3 is 3.06 bits per heavy atom. The van der Waals surface area contributed by atoms with E-state index < -0.39 is 0 Å². The van der Waals surface area contributed by atoms with Crippen LogP contribution in [0.25, 0.3) is 0 Å². The molecule has 0 bridgehead atoms. The van der Waals surface area contributed by atoms with Crippen LogP contribution in [-0.2, 0) is 6.54 Å². The minimum Gasteiger partial charge on any atom is -0.477 e. The van der Waals surface area contributed by atoms with Crippen LogP contribution in [0.15, 0.2) is 24.4 Å². The summed E-state index contributed by atoms with van der Waals surface area (Å²) < 4.78 is 5.58. The third kappa shape index (κ3) is 4.31. The van der Waals surface area contributed by atoms with Crippen LogP contribution in [0.5, 0.6) is 5.88 Å². The summed E-state index contributed by atoms with van der Waals surface area (Å²) in [6, 6.07) is 2.58. The fraction of sp³-hybridized carbons (Fsp3) is 0.500. The Labute approximate surface area is 113 Å². The Morgan fingerprint density at radius 2 is 2.39 bits per heavy atom. The van der Waals surface area contributed by atoms with Crippen molar-refractivity contribution in [1.29, 1.82) is 0 Å². The van der Waals surface area contributed by atoms with Crippen molar-refractivity contribution < 1.29 is 4.74 Å². The molecule has 1 aromatic rings. The molecule has 2 rings (SSSR count). The molecule has 0 unspecified atom stereocenters. The summed E-state index contributed by atoms with van der Waals surface area (Å²) in [5.74, 6) is 0.633. The highest BCUT2D eigenvalue weighted by Gasteiger charge is 2.20. The van der Waals surface area contributed by atoms with Gasteiger partial charge in [-0.25, -0.2) is 4.98 Å². The van der Waals surface area contributed by atoms with Gasteiger partial charge in [-0.2, -0.15) is 0 Å². The van der Waals surface area contributed by atoms with Gasteiger partial charge in [0, 0.05) is 31.3 Å². The third-order valence-corrected chi connectivity index (χ3v) is 3.19. The number of pyridine rings is 1. The van der Waals surface area contributed by atoms with Crippen LogP contribution in [0.1, 0.15) is 31.7 Å². The maximum absolute atomic E-state index is 6.11. The maximum atomic E-state index is 6.11. The molecule has 0 amide bonds. The number of nitrogens with one attached hydrogen (secondary N) is 1. The first-order chi connectivity index (χ1) is 8.65. The van der Waals surface area contributed by atoms with Gasteiger partial charge in [0.1, 0.15) is 0 Å². The molecule has 18 heavy (non-hydrogen) atoms. The van der Waals surface area contributed by atoms with Crippen molar-refractivity contribution in [3.05, 3.63) is 35.0 Å². The molecule has 1 aliphatic carbocycles. The van der Waals surface area contributed by atoms with Crippen LogP contribution in [0, 0.1) is 0 Å². The molecule has 0 saturated heterocycles. The molecule has 1 heterocycles. The van der Waals surface area contributed by atoms with Gasteiger partial charge in [-0.1, -0.05) is 17.2 Å². The van der Waals surface area contributed by atoms with Gasteiger partial charge in [-0.05, 0) is 25.3 Å². The van der Waals surface area contributed by atoms with E-state index in [4.69, 9.17) is 16.3 Å². The highest BCUT2D eigenvalue weighted by molar-refractivity contribution is 6.31. The molecule has 98 valence electrons. The van der Waals surface area contributed by atoms with Gasteiger partial charge in [0.05, 0.1) is 11.6 Å². The van der Waals surface area contributed by atoms with Gasteiger partial charge in [0.15, 0.2) is 0 Å². The topological polar surface area (TPSA) is 34.1 Å². The summed E-state index contributed by atoms with van der Waals surface area (Å²) in [5, 5.41) is 4.12. The summed E-state index contributed by atoms with van der Waals surface area (Å²) in [7, 11) is 0. The van der Waals surface area contributed by atoms with E-state index >= 15 is 0 Å². The number of hydrogen-bond donors (Lipinski definition) is 1. The molecular weight excluding hydrogens is 248 g/mol. The van der Waals surface area contributed by atoms with Crippen LogP contribution in [0.2, 0.25) is 5.02 Å². The average molecular weight is 267 g/mol. The molecule has 0 spiro atoms. The van der Waals surface area contributed by atoms with Crippen LogP contribution in [0.4, 0.5) is 0 Å². The summed E-state index contributed by atoms with van der Waals surface area (Å²) in [5.41, 5.74) is 2.16. The number of halogens is 1. The standard InChI is InChI=1S/C14H19ClN2O/c1-10(2)5-6-18-14-7-11(13(15)9-17-14)8-16-12-3-4-12/h7,9,12,16H,1,3-6,8H2,2H3. The summed E-state index contributed by atoms with van der Waals surface area (Å²) in [6.07, 6.45) is 5.04. The number of hydrogen-bond acceptors (Lipinski definition) is 3. The molecule has 3 nitrogen and oxygen atoms in total. The average Bonchev–Trinajstić information content (AvgIpc) is 3.13. The zero-order chi connectivity index (χ0) is 13.0. The Hall–Kier alpha value is -1.06. The van der Waals surface area contributed by atoms with Gasteiger partial charge in [-0.15, -0.1) is 6.58 Å². The second kappa shape index (κ2) is 6.21. The van der Waals surface area contributed by atoms with Crippen molar-refractivity contribution >= 4 is 11.6 Å². The predicted molar refractivity (Wildman–Crippen MR) is 74.0 cm³/mol. The lowest BCUT2D eigenvalue weighted by Crippen LogP contribution is -2.15. The molecule has 1 aliphatic rings. The van der Waals surface area contributed by atoms with Gasteiger partial charge < -0.3 is 10.1 Å². The number of aromatic nitrogens is 1. The van der Waals surface area contributed by atoms with E-state index in [1.165, 1.54) is 12.8 Å². The first kappa shape index (κ1) is 13.4. The van der Waals surface area contributed by atoms with Gasteiger partial charge in [0.2, 0.25) is 5.88 Å². The molecule has 0 radical (unpaired) electrons. The number of nitrogens with zero attached hydrogens (tertiary/aromatic N) is 1. The molecule has 1 fully saturated rings. The lowest BCUT2D eigenvalue weighted by molar-refractivity contribution is 0.309. The molecule has 1 N–H and O–H groups in total. The minimum atomic E-state index is 0.611. The van der Waals surface area contributed by atoms with Crippen LogP contribution >= 0.6 is 11.6 Å². The van der Waals surface area contributed by atoms with Gasteiger partial charge in [0.25, 0.3) is 0 Å². The molecule has 1 saturated carbocycles. The van der Waals surface area contributed by atoms with E-state index in [2.05, 4.69) is 16.9 Å². The fourth-order valence-electron chi connectivity index (χ4n) is 1.54. The number of rotatable bonds is 7. The Bertz CT molecular complexity index is 430. The Morgan fingerprint density at radius 1 is 1.61 bits per heavy atom. The van der Waals surface area contributed by atoms with Crippen molar-refractivity contribution in [1.82, 2.24) is 10.3 Å². The molecule has 0 aromatic carbocycles. The molecule has 0 aliphatic heterocycles. The molecule has 1 aromatic heterocycles. The van der Waals surface area contributed by atoms with E-state index in [0.717, 1.165) is 24.1 Å². The van der Waals surface area contributed by atoms with Crippen molar-refractivity contribution in [2.24, 2.45) is 0 Å². The fourth-order valence-corrected chi connectivity index (χ4v) is 1.71. The molecular formula is C14H19ClN2O. The summed E-state index contributed by atoms with van der Waals surface area (Å²) >= 11 is 6.11. The van der Waals surface area contributed by atoms with Crippen LogP contribution in [0.3, 0.4) is 0 Å². The normalized spacial score (nSPS) is 14.6. The van der Waals surface area contributed by atoms with E-state index in [1.807, 2.05) is 13.0 Å². The zero-order valence-electron chi connectivity index (χ0n) is 10.7. The predicted octanol–water partition coefficient (Wildman–Crippen LogP) is 3.33. The summed E-state index contributed by atoms with van der Waals surface area (Å²) in [6.45, 7) is 7.22. The van der Waals surface area contributed by atoms with Gasteiger partial charge >= 0.3 is 0 Å². The Kier molecular flexibility index (Phi) is 4.61. The lowest BCUT2D eigenvalue weighted by Gasteiger charge is -2.09. The van der Waals surface area contributed by atoms with E-state index in [-0.39, 0.29) is 0 Å². The van der Waals surface area contributed by atoms with E-state index in [0.29, 0.717) is 23.6 Å². The second-order valence-electron chi connectivity index (χ2n) is 4.82. The third-order valence-electron chi connectivity index (χ3n) is 2.85. The van der Waals surface area contributed by atoms with Gasteiger partial charge in [-0.3, -0.25) is 0 Å². The maximum Gasteiger partial charge on any atom is 0.213 e. The summed E-state index contributed by atoms with van der Waals surface area (Å²) in [4.78, 5) is 4.17. The molecule has 4 heteroatoms. The van der Waals surface area contributed by atoms with Crippen molar-refractivity contribution in [3.63, 3.8) is 0 Å². The largest absolute Gasteiger partial charge is 0.477 e. The first-order valence-electron chi connectivity index (χ1n) is 6.30. The highest BCUT2D eigenvalue weighted by atomic mass is 35.5. The van der Waals surface area contributed by atoms with E-state index in [9.17, 15) is 0 Å².